The summed E-state index contributed by atoms with van der Waals surface area (Å²) in [7, 11) is 0. The number of carboxylic acid groups (broad SMARTS) is 1. The highest BCUT2D eigenvalue weighted by Gasteiger charge is 2.34. The van der Waals surface area contributed by atoms with Crippen molar-refractivity contribution in [3.05, 3.63) is 18.1 Å². The Morgan fingerprint density at radius 3 is 2.79 bits per heavy atom. The lowest BCUT2D eigenvalue weighted by Crippen LogP contribution is -2.27. The summed E-state index contributed by atoms with van der Waals surface area (Å²) in [6.45, 7) is 1.29. The van der Waals surface area contributed by atoms with Gasteiger partial charge in [-0.15, -0.1) is 0 Å². The molecule has 0 amide bonds. The van der Waals surface area contributed by atoms with Crippen molar-refractivity contribution in [3.63, 3.8) is 0 Å². The third-order valence-electron chi connectivity index (χ3n) is 2.28. The van der Waals surface area contributed by atoms with E-state index in [2.05, 4.69) is 20.4 Å². The number of nitrogens with one attached hydrogen (secondary N) is 1. The normalized spacial score (nSPS) is 13.5. The molecule has 0 unspecified atom stereocenters. The molecule has 2 rings (SSSR count). The van der Waals surface area contributed by atoms with Gasteiger partial charge in [0.25, 0.3) is 5.78 Å². The summed E-state index contributed by atoms with van der Waals surface area (Å²) in [4.78, 5) is 17.6. The topological polar surface area (TPSA) is 92.4 Å². The van der Waals surface area contributed by atoms with Crippen LogP contribution in [0.1, 0.15) is 12.6 Å². The van der Waals surface area contributed by atoms with E-state index in [0.717, 1.165) is 10.8 Å². The third kappa shape index (κ3) is 2.56. The van der Waals surface area contributed by atoms with Crippen molar-refractivity contribution in [2.45, 2.75) is 19.1 Å². The fourth-order valence-electron chi connectivity index (χ4n) is 1.34. The van der Waals surface area contributed by atoms with Gasteiger partial charge >= 0.3 is 12.1 Å². The SMILES string of the molecule is C[C@H](Nc1cc(C(F)(F)F)nc2ncnn12)C(=O)O. The molecule has 0 spiro atoms. The van der Waals surface area contributed by atoms with E-state index in [-0.39, 0.29) is 11.6 Å². The van der Waals surface area contributed by atoms with Crippen molar-refractivity contribution in [2.75, 3.05) is 5.32 Å². The second-order valence-corrected chi connectivity index (χ2v) is 3.70. The first kappa shape index (κ1) is 13.1. The number of halogens is 3. The van der Waals surface area contributed by atoms with Gasteiger partial charge in [0.05, 0.1) is 0 Å². The molecule has 2 N–H and O–H groups in total. The first-order chi connectivity index (χ1) is 8.79. The fraction of sp³-hybridized carbons (Fsp3) is 0.333. The number of carboxylic acids is 1. The van der Waals surface area contributed by atoms with Crippen LogP contribution < -0.4 is 5.32 Å². The summed E-state index contributed by atoms with van der Waals surface area (Å²) >= 11 is 0. The fourth-order valence-corrected chi connectivity index (χ4v) is 1.34. The highest BCUT2D eigenvalue weighted by Crippen LogP contribution is 2.29. The van der Waals surface area contributed by atoms with E-state index in [0.29, 0.717) is 6.07 Å². The van der Waals surface area contributed by atoms with Crippen LogP contribution in [0.4, 0.5) is 19.0 Å². The summed E-state index contributed by atoms with van der Waals surface area (Å²) in [5.74, 6) is -1.63. The van der Waals surface area contributed by atoms with Crippen LogP contribution >= 0.6 is 0 Å². The zero-order valence-electron chi connectivity index (χ0n) is 9.51. The molecule has 0 saturated heterocycles. The molecule has 2 aromatic rings. The number of fused-ring (bicyclic) bond motifs is 1. The second-order valence-electron chi connectivity index (χ2n) is 3.70. The molecular formula is C9H8F3N5O2. The smallest absolute Gasteiger partial charge is 0.433 e. The van der Waals surface area contributed by atoms with Crippen molar-refractivity contribution in [2.24, 2.45) is 0 Å². The average molecular weight is 275 g/mol. The van der Waals surface area contributed by atoms with Gasteiger partial charge in [0, 0.05) is 6.07 Å². The van der Waals surface area contributed by atoms with Crippen LogP contribution in [-0.4, -0.2) is 36.7 Å². The third-order valence-corrected chi connectivity index (χ3v) is 2.28. The summed E-state index contributed by atoms with van der Waals surface area (Å²) in [5.41, 5.74) is -1.17. The van der Waals surface area contributed by atoms with Crippen LogP contribution in [0.15, 0.2) is 12.4 Å². The Morgan fingerprint density at radius 2 is 2.21 bits per heavy atom. The Kier molecular flexibility index (Phi) is 3.00. The van der Waals surface area contributed by atoms with E-state index >= 15 is 0 Å². The Balaban J connectivity index is 2.51. The monoisotopic (exact) mass is 275 g/mol. The lowest BCUT2D eigenvalue weighted by atomic mass is 10.3. The average Bonchev–Trinajstić information content (AvgIpc) is 2.75. The molecule has 0 radical (unpaired) electrons. The van der Waals surface area contributed by atoms with Crippen molar-refractivity contribution in [3.8, 4) is 0 Å². The van der Waals surface area contributed by atoms with Gasteiger partial charge in [-0.3, -0.25) is 4.79 Å². The maximum absolute atomic E-state index is 12.6. The second kappa shape index (κ2) is 4.37. The lowest BCUT2D eigenvalue weighted by molar-refractivity contribution is -0.141. The minimum atomic E-state index is -4.66. The molecular weight excluding hydrogens is 267 g/mol. The van der Waals surface area contributed by atoms with E-state index in [4.69, 9.17) is 5.11 Å². The molecule has 0 aliphatic rings. The Morgan fingerprint density at radius 1 is 1.53 bits per heavy atom. The van der Waals surface area contributed by atoms with E-state index in [9.17, 15) is 18.0 Å². The molecule has 102 valence electrons. The molecule has 0 aliphatic carbocycles. The molecule has 0 saturated carbocycles. The van der Waals surface area contributed by atoms with Crippen LogP contribution in [0, 0.1) is 0 Å². The molecule has 10 heteroatoms. The van der Waals surface area contributed by atoms with Crippen LogP contribution in [0.3, 0.4) is 0 Å². The number of hydrogen-bond acceptors (Lipinski definition) is 5. The molecule has 0 bridgehead atoms. The predicted octanol–water partition coefficient (Wildman–Crippen LogP) is 1.03. The standard InChI is InChI=1S/C9H8F3N5O2/c1-4(7(18)19)15-6-2-5(9(10,11)12)16-8-13-3-14-17(6)8/h2-4,15H,1H3,(H,18,19)/t4-/m0/s1. The maximum Gasteiger partial charge on any atom is 0.433 e. The summed E-state index contributed by atoms with van der Waals surface area (Å²) in [5, 5.41) is 14.8. The highest BCUT2D eigenvalue weighted by atomic mass is 19.4. The molecule has 0 fully saturated rings. The highest BCUT2D eigenvalue weighted by molar-refractivity contribution is 5.76. The van der Waals surface area contributed by atoms with Gasteiger partial charge in [-0.25, -0.2) is 4.98 Å². The van der Waals surface area contributed by atoms with Crippen LogP contribution in [0.5, 0.6) is 0 Å². The minimum absolute atomic E-state index is 0.148. The van der Waals surface area contributed by atoms with Crippen LogP contribution in [0.2, 0.25) is 0 Å². The Hall–Kier alpha value is -2.39. The first-order valence-corrected chi connectivity index (χ1v) is 5.06. The van der Waals surface area contributed by atoms with Crippen molar-refractivity contribution >= 4 is 17.6 Å². The molecule has 19 heavy (non-hydrogen) atoms. The summed E-state index contributed by atoms with van der Waals surface area (Å²) in [6, 6.07) is -0.405. The maximum atomic E-state index is 12.6. The summed E-state index contributed by atoms with van der Waals surface area (Å²) < 4.78 is 38.9. The number of carbonyl (C=O) groups is 1. The van der Waals surface area contributed by atoms with Gasteiger partial charge in [0.2, 0.25) is 0 Å². The quantitative estimate of drug-likeness (QED) is 0.869. The number of alkyl halides is 3. The lowest BCUT2D eigenvalue weighted by Gasteiger charge is -2.13. The van der Waals surface area contributed by atoms with Gasteiger partial charge < -0.3 is 10.4 Å². The number of aromatic nitrogens is 4. The molecule has 2 aromatic heterocycles. The zero-order chi connectivity index (χ0) is 14.2. The van der Waals surface area contributed by atoms with Gasteiger partial charge in [-0.1, -0.05) is 0 Å². The minimum Gasteiger partial charge on any atom is -0.480 e. The van der Waals surface area contributed by atoms with Gasteiger partial charge in [-0.05, 0) is 6.92 Å². The van der Waals surface area contributed by atoms with Crippen molar-refractivity contribution in [1.82, 2.24) is 19.6 Å². The largest absolute Gasteiger partial charge is 0.480 e. The van der Waals surface area contributed by atoms with E-state index < -0.39 is 23.9 Å². The van der Waals surface area contributed by atoms with Gasteiger partial charge in [0.15, 0.2) is 5.69 Å². The molecule has 0 aromatic carbocycles. The molecule has 1 atom stereocenters. The van der Waals surface area contributed by atoms with E-state index in [1.807, 2.05) is 0 Å². The van der Waals surface area contributed by atoms with Crippen molar-refractivity contribution in [1.29, 1.82) is 0 Å². The van der Waals surface area contributed by atoms with Gasteiger partial charge in [0.1, 0.15) is 18.2 Å². The number of hydrogen-bond donors (Lipinski definition) is 2. The van der Waals surface area contributed by atoms with Crippen LogP contribution in [0.25, 0.3) is 5.78 Å². The zero-order valence-corrected chi connectivity index (χ0v) is 9.51. The Labute approximate surface area is 104 Å². The number of anilines is 1. The predicted molar refractivity (Wildman–Crippen MR) is 56.5 cm³/mol. The van der Waals surface area contributed by atoms with Gasteiger partial charge in [-0.2, -0.15) is 27.8 Å². The van der Waals surface area contributed by atoms with Crippen LogP contribution in [-0.2, 0) is 11.0 Å². The van der Waals surface area contributed by atoms with E-state index in [1.54, 1.807) is 0 Å². The Bertz CT molecular complexity index is 624. The van der Waals surface area contributed by atoms with Crippen molar-refractivity contribution < 1.29 is 23.1 Å². The number of nitrogens with zero attached hydrogens (tertiary/aromatic N) is 4. The number of rotatable bonds is 3. The molecule has 2 heterocycles. The number of aliphatic carboxylic acids is 1. The summed E-state index contributed by atoms with van der Waals surface area (Å²) in [6.07, 6.45) is -3.63. The molecule has 7 nitrogen and oxygen atoms in total. The first-order valence-electron chi connectivity index (χ1n) is 5.06. The van der Waals surface area contributed by atoms with E-state index in [1.165, 1.54) is 6.92 Å². The molecule has 0 aliphatic heterocycles.